The number of carbonyl (C=O) groups is 1. The fourth-order valence-corrected chi connectivity index (χ4v) is 2.97. The summed E-state index contributed by atoms with van der Waals surface area (Å²) in [4.78, 5) is 15.4. The van der Waals surface area contributed by atoms with Crippen LogP contribution >= 0.6 is 22.9 Å². The third-order valence-corrected chi connectivity index (χ3v) is 4.01. The van der Waals surface area contributed by atoms with E-state index >= 15 is 0 Å². The van der Waals surface area contributed by atoms with Crippen LogP contribution in [-0.4, -0.2) is 29.4 Å². The highest BCUT2D eigenvalue weighted by atomic mass is 35.5. The van der Waals surface area contributed by atoms with Crippen LogP contribution in [0.15, 0.2) is 12.1 Å². The molecule has 0 bridgehead atoms. The summed E-state index contributed by atoms with van der Waals surface area (Å²) in [5.74, 6) is 0.122. The molecule has 18 heavy (non-hydrogen) atoms. The Labute approximate surface area is 118 Å². The van der Waals surface area contributed by atoms with Gasteiger partial charge in [0.15, 0.2) is 0 Å². The van der Waals surface area contributed by atoms with Crippen LogP contribution in [0.1, 0.15) is 32.6 Å². The van der Waals surface area contributed by atoms with Gasteiger partial charge >= 0.3 is 0 Å². The van der Waals surface area contributed by atoms with Gasteiger partial charge in [-0.1, -0.05) is 18.5 Å². The molecule has 1 N–H and O–H groups in total. The number of hydrogen-bond acceptors (Lipinski definition) is 3. The van der Waals surface area contributed by atoms with Gasteiger partial charge in [0, 0.05) is 11.4 Å². The van der Waals surface area contributed by atoms with Gasteiger partial charge in [0.25, 0.3) is 0 Å². The molecule has 0 radical (unpaired) electrons. The number of amides is 1. The molecule has 0 atom stereocenters. The van der Waals surface area contributed by atoms with Gasteiger partial charge in [-0.3, -0.25) is 4.79 Å². The zero-order valence-corrected chi connectivity index (χ0v) is 13.0. The summed E-state index contributed by atoms with van der Waals surface area (Å²) in [6.45, 7) is 9.94. The van der Waals surface area contributed by atoms with E-state index in [0.29, 0.717) is 13.1 Å². The van der Waals surface area contributed by atoms with Crippen LogP contribution in [0, 0.1) is 0 Å². The smallest absolute Gasteiger partial charge is 0.242 e. The summed E-state index contributed by atoms with van der Waals surface area (Å²) < 4.78 is 0.763. The first-order chi connectivity index (χ1) is 8.40. The predicted octanol–water partition coefficient (Wildman–Crippen LogP) is 3.14. The molecule has 1 aromatic rings. The van der Waals surface area contributed by atoms with Crippen LogP contribution in [0.3, 0.4) is 0 Å². The van der Waals surface area contributed by atoms with E-state index in [1.54, 1.807) is 0 Å². The Hall–Kier alpha value is -0.580. The quantitative estimate of drug-likeness (QED) is 0.872. The molecule has 0 saturated heterocycles. The van der Waals surface area contributed by atoms with Crippen LogP contribution in [0.4, 0.5) is 0 Å². The van der Waals surface area contributed by atoms with E-state index < -0.39 is 5.54 Å². The number of nitrogens with one attached hydrogen (secondary N) is 1. The molecule has 0 saturated carbocycles. The van der Waals surface area contributed by atoms with Crippen molar-refractivity contribution in [3.05, 3.63) is 21.3 Å². The molecule has 0 aliphatic carbocycles. The number of rotatable bonds is 6. The first-order valence-electron chi connectivity index (χ1n) is 6.19. The van der Waals surface area contributed by atoms with Gasteiger partial charge in [0.1, 0.15) is 0 Å². The maximum Gasteiger partial charge on any atom is 0.242 e. The number of nitrogens with zero attached hydrogens (tertiary/aromatic N) is 1. The minimum Gasteiger partial charge on any atom is -0.336 e. The maximum absolute atomic E-state index is 12.4. The first kappa shape index (κ1) is 15.5. The Morgan fingerprint density at radius 2 is 2.11 bits per heavy atom. The van der Waals surface area contributed by atoms with Crippen LogP contribution < -0.4 is 5.32 Å². The van der Waals surface area contributed by atoms with Gasteiger partial charge in [0.05, 0.1) is 16.4 Å². The fourth-order valence-electron chi connectivity index (χ4n) is 1.86. The molecule has 1 rings (SSSR count). The molecule has 0 aliphatic heterocycles. The van der Waals surface area contributed by atoms with E-state index in [1.165, 1.54) is 11.3 Å². The molecular weight excluding hydrogens is 268 g/mol. The summed E-state index contributed by atoms with van der Waals surface area (Å²) >= 11 is 7.43. The molecule has 0 fully saturated rings. The van der Waals surface area contributed by atoms with Crippen molar-refractivity contribution >= 4 is 28.8 Å². The number of halogens is 1. The molecular formula is C13H21ClN2OS. The van der Waals surface area contributed by atoms with Crippen molar-refractivity contribution in [1.82, 2.24) is 10.2 Å². The summed E-state index contributed by atoms with van der Waals surface area (Å²) in [7, 11) is 0. The molecule has 1 heterocycles. The SMILES string of the molecule is CCNC(C)(C)C(=O)N(CC)Cc1ccc(Cl)s1. The molecule has 0 aromatic carbocycles. The second-order valence-corrected chi connectivity index (χ2v) is 6.48. The molecule has 0 spiro atoms. The summed E-state index contributed by atoms with van der Waals surface area (Å²) in [6.07, 6.45) is 0. The zero-order valence-electron chi connectivity index (χ0n) is 11.4. The van der Waals surface area contributed by atoms with Crippen molar-refractivity contribution in [2.45, 2.75) is 39.8 Å². The lowest BCUT2D eigenvalue weighted by atomic mass is 10.0. The van der Waals surface area contributed by atoms with Crippen LogP contribution in [0.2, 0.25) is 4.34 Å². The van der Waals surface area contributed by atoms with Crippen molar-refractivity contribution in [2.24, 2.45) is 0 Å². The minimum atomic E-state index is -0.522. The highest BCUT2D eigenvalue weighted by Gasteiger charge is 2.30. The van der Waals surface area contributed by atoms with Crippen molar-refractivity contribution in [2.75, 3.05) is 13.1 Å². The normalized spacial score (nSPS) is 11.6. The molecule has 0 unspecified atom stereocenters. The van der Waals surface area contributed by atoms with Crippen LogP contribution in [0.5, 0.6) is 0 Å². The molecule has 1 aromatic heterocycles. The van der Waals surface area contributed by atoms with Crippen molar-refractivity contribution in [3.8, 4) is 0 Å². The van der Waals surface area contributed by atoms with Crippen LogP contribution in [-0.2, 0) is 11.3 Å². The monoisotopic (exact) mass is 288 g/mol. The average Bonchev–Trinajstić information content (AvgIpc) is 2.70. The Kier molecular flexibility index (Phi) is 5.63. The fraction of sp³-hybridized carbons (Fsp3) is 0.615. The number of likely N-dealkylation sites (N-methyl/N-ethyl adjacent to an activating group) is 2. The molecule has 0 aliphatic rings. The van der Waals surface area contributed by atoms with E-state index in [-0.39, 0.29) is 5.91 Å². The maximum atomic E-state index is 12.4. The van der Waals surface area contributed by atoms with Gasteiger partial charge < -0.3 is 10.2 Å². The highest BCUT2D eigenvalue weighted by Crippen LogP contribution is 2.23. The van der Waals surface area contributed by atoms with Crippen molar-refractivity contribution < 1.29 is 4.79 Å². The Bertz CT molecular complexity index is 403. The first-order valence-corrected chi connectivity index (χ1v) is 7.38. The van der Waals surface area contributed by atoms with E-state index in [9.17, 15) is 4.79 Å². The standard InChI is InChI=1S/C13H21ClN2OS/c1-5-15-13(3,4)12(17)16(6-2)9-10-7-8-11(14)18-10/h7-8,15H,5-6,9H2,1-4H3. The van der Waals surface area contributed by atoms with Gasteiger partial charge in [-0.05, 0) is 39.4 Å². The number of carbonyl (C=O) groups excluding carboxylic acids is 1. The van der Waals surface area contributed by atoms with Gasteiger partial charge in [-0.15, -0.1) is 11.3 Å². The van der Waals surface area contributed by atoms with E-state index in [1.807, 2.05) is 44.7 Å². The van der Waals surface area contributed by atoms with Crippen LogP contribution in [0.25, 0.3) is 0 Å². The average molecular weight is 289 g/mol. The Balaban J connectivity index is 2.74. The van der Waals surface area contributed by atoms with E-state index in [0.717, 1.165) is 15.8 Å². The Morgan fingerprint density at radius 3 is 2.56 bits per heavy atom. The Morgan fingerprint density at radius 1 is 1.44 bits per heavy atom. The lowest BCUT2D eigenvalue weighted by Crippen LogP contribution is -2.53. The topological polar surface area (TPSA) is 32.3 Å². The summed E-state index contributed by atoms with van der Waals surface area (Å²) in [5.41, 5.74) is -0.522. The second-order valence-electron chi connectivity index (χ2n) is 4.68. The highest BCUT2D eigenvalue weighted by molar-refractivity contribution is 7.16. The third kappa shape index (κ3) is 3.97. The largest absolute Gasteiger partial charge is 0.336 e. The zero-order chi connectivity index (χ0) is 13.8. The second kappa shape index (κ2) is 6.55. The molecule has 1 amide bonds. The number of hydrogen-bond donors (Lipinski definition) is 1. The lowest BCUT2D eigenvalue weighted by Gasteiger charge is -2.31. The third-order valence-electron chi connectivity index (χ3n) is 2.80. The summed E-state index contributed by atoms with van der Waals surface area (Å²) in [6, 6.07) is 3.85. The van der Waals surface area contributed by atoms with Gasteiger partial charge in [0.2, 0.25) is 5.91 Å². The van der Waals surface area contributed by atoms with Crippen molar-refractivity contribution in [3.63, 3.8) is 0 Å². The lowest BCUT2D eigenvalue weighted by molar-refractivity contribution is -0.137. The van der Waals surface area contributed by atoms with E-state index in [2.05, 4.69) is 5.32 Å². The summed E-state index contributed by atoms with van der Waals surface area (Å²) in [5, 5.41) is 3.21. The molecule has 3 nitrogen and oxygen atoms in total. The van der Waals surface area contributed by atoms with Gasteiger partial charge in [-0.25, -0.2) is 0 Å². The number of thiophene rings is 1. The van der Waals surface area contributed by atoms with Gasteiger partial charge in [-0.2, -0.15) is 0 Å². The minimum absolute atomic E-state index is 0.122. The van der Waals surface area contributed by atoms with Crippen molar-refractivity contribution in [1.29, 1.82) is 0 Å². The molecule has 102 valence electrons. The molecule has 5 heteroatoms. The van der Waals surface area contributed by atoms with E-state index in [4.69, 9.17) is 11.6 Å². The predicted molar refractivity (Wildman–Crippen MR) is 78.2 cm³/mol.